The molecule has 0 bridgehead atoms. The van der Waals surface area contributed by atoms with Crippen LogP contribution < -0.4 is 37.1 Å². The molecule has 3 aliphatic rings. The van der Waals surface area contributed by atoms with Crippen LogP contribution in [0.5, 0.6) is 5.75 Å². The first-order valence-corrected chi connectivity index (χ1v) is 20.0. The molecule has 8 N–H and O–H groups in total. The second kappa shape index (κ2) is 17.5. The van der Waals surface area contributed by atoms with Crippen molar-refractivity contribution in [3.63, 3.8) is 0 Å². The number of amides is 5. The van der Waals surface area contributed by atoms with Gasteiger partial charge in [-0.25, -0.2) is 32.5 Å². The van der Waals surface area contributed by atoms with Gasteiger partial charge >= 0.3 is 0 Å². The van der Waals surface area contributed by atoms with E-state index in [1.165, 1.54) is 31.0 Å². The summed E-state index contributed by atoms with van der Waals surface area (Å²) in [6.07, 6.45) is -0.616. The first kappa shape index (κ1) is 43.4. The van der Waals surface area contributed by atoms with Gasteiger partial charge < -0.3 is 41.4 Å². The zero-order valence-corrected chi connectivity index (χ0v) is 33.7. The molecule has 6 heterocycles. The van der Waals surface area contributed by atoms with Crippen LogP contribution in [0.3, 0.4) is 0 Å². The van der Waals surface area contributed by atoms with Crippen LogP contribution in [0.2, 0.25) is 0 Å². The average Bonchev–Trinajstić information content (AvgIpc) is 3.79. The number of nitrogens with zero attached hydrogens (tertiary/aromatic N) is 7. The van der Waals surface area contributed by atoms with Crippen LogP contribution in [0, 0.1) is 11.6 Å². The maximum atomic E-state index is 15.8. The highest BCUT2D eigenvalue weighted by Gasteiger charge is 2.46. The van der Waals surface area contributed by atoms with Gasteiger partial charge in [0.05, 0.1) is 47.1 Å². The van der Waals surface area contributed by atoms with Crippen LogP contribution in [0.15, 0.2) is 55.2 Å². The molecule has 64 heavy (non-hydrogen) atoms. The lowest BCUT2D eigenvalue weighted by Gasteiger charge is -2.44. The minimum absolute atomic E-state index is 0.00216. The predicted molar refractivity (Wildman–Crippen MR) is 219 cm³/mol. The lowest BCUT2D eigenvalue weighted by atomic mass is 9.84. The number of imide groups is 2. The summed E-state index contributed by atoms with van der Waals surface area (Å²) in [5.74, 6) is -5.71. The highest BCUT2D eigenvalue weighted by molar-refractivity contribution is 6.25. The van der Waals surface area contributed by atoms with Gasteiger partial charge in [0.1, 0.15) is 29.8 Å². The molecule has 2 aromatic carbocycles. The molecule has 0 saturated carbocycles. The van der Waals surface area contributed by atoms with E-state index in [-0.39, 0.29) is 79.3 Å². The standard InChI is InChI=1S/C41H40F4N12O7/c42-23-13-29(64-16-31(59)49-9-8-48-25-4-1-3-21-32(25)40(63)57(39(21)62)27-5-6-30(58)54-38(27)61)24(43)12-22(23)26-11-20(15-56-19-53-33-36(46)51-18-52-37(33)56)28(14-50-26)55-10-2-7-41(47,17-55)34(60)35(44)45/h1,3-4,11-14,18-19,27,34-35,48,60H,2,5-10,15-17,47H2,(H,49,59)(H2,46,51,52)(H,54,58,61)/t27?,34-,41-/m1/s1. The molecular formula is C41H40F4N12O7. The number of carbonyl (C=O) groups excluding carboxylic acids is 5. The Labute approximate surface area is 360 Å². The number of fused-ring (bicyclic) bond motifs is 2. The topological polar surface area (TPSA) is 266 Å². The zero-order valence-electron chi connectivity index (χ0n) is 33.7. The number of ether oxygens (including phenoxy) is 1. The van der Waals surface area contributed by atoms with Gasteiger partial charge in [0.25, 0.3) is 24.1 Å². The largest absolute Gasteiger partial charge is 0.481 e. The Bertz CT molecular complexity index is 2700. The molecule has 5 amide bonds. The maximum absolute atomic E-state index is 15.8. The van der Waals surface area contributed by atoms with Crippen molar-refractivity contribution in [2.24, 2.45) is 5.73 Å². The van der Waals surface area contributed by atoms with Gasteiger partial charge in [-0.05, 0) is 49.1 Å². The summed E-state index contributed by atoms with van der Waals surface area (Å²) in [5.41, 5.74) is 12.3. The third-order valence-corrected chi connectivity index (χ3v) is 11.3. The fraction of sp³-hybridized carbons (Fsp3) is 0.341. The number of aliphatic hydroxyl groups is 1. The highest BCUT2D eigenvalue weighted by Crippen LogP contribution is 2.36. The van der Waals surface area contributed by atoms with Gasteiger partial charge in [-0.2, -0.15) is 0 Å². The number of hydrogen-bond donors (Lipinski definition) is 6. The lowest BCUT2D eigenvalue weighted by molar-refractivity contribution is -0.136. The van der Waals surface area contributed by atoms with Crippen LogP contribution >= 0.6 is 0 Å². The fourth-order valence-corrected chi connectivity index (χ4v) is 8.15. The van der Waals surface area contributed by atoms with Gasteiger partial charge in [-0.3, -0.25) is 39.2 Å². The van der Waals surface area contributed by atoms with Crippen LogP contribution in [0.4, 0.5) is 34.8 Å². The Balaban J connectivity index is 0.930. The van der Waals surface area contributed by atoms with E-state index in [0.717, 1.165) is 17.0 Å². The maximum Gasteiger partial charge on any atom is 0.265 e. The van der Waals surface area contributed by atoms with E-state index in [9.17, 15) is 37.9 Å². The molecule has 3 aromatic heterocycles. The third kappa shape index (κ3) is 8.33. The van der Waals surface area contributed by atoms with Crippen molar-refractivity contribution in [2.45, 2.75) is 56.3 Å². The Morgan fingerprint density at radius 2 is 1.84 bits per heavy atom. The molecule has 2 saturated heterocycles. The Hall–Kier alpha value is -7.27. The molecule has 5 aromatic rings. The third-order valence-electron chi connectivity index (χ3n) is 11.3. The SMILES string of the molecule is Nc1ncnc2c1ncn2Cc1cc(-c2cc(F)c(OCC(=O)NCCNc3cccc4c3C(=O)N(C3CCC(=O)NC3=O)C4=O)cc2F)ncc1N1CCC[C@](N)([C@H](O)C(F)F)C1. The van der Waals surface area contributed by atoms with E-state index in [4.69, 9.17) is 16.2 Å². The number of carbonyl (C=O) groups is 5. The number of nitrogens with two attached hydrogens (primary N) is 2. The molecule has 0 radical (unpaired) electrons. The quantitative estimate of drug-likeness (QED) is 0.0527. The second-order valence-corrected chi connectivity index (χ2v) is 15.5. The van der Waals surface area contributed by atoms with Crippen molar-refractivity contribution in [3.05, 3.63) is 83.6 Å². The van der Waals surface area contributed by atoms with Gasteiger partial charge in [0.2, 0.25) is 11.8 Å². The van der Waals surface area contributed by atoms with E-state index < -0.39 is 77.6 Å². The summed E-state index contributed by atoms with van der Waals surface area (Å²) >= 11 is 0. The van der Waals surface area contributed by atoms with Crippen molar-refractivity contribution >= 4 is 57.9 Å². The van der Waals surface area contributed by atoms with E-state index in [2.05, 4.69) is 35.9 Å². The number of hydrogen-bond acceptors (Lipinski definition) is 15. The fourth-order valence-electron chi connectivity index (χ4n) is 8.15. The van der Waals surface area contributed by atoms with Gasteiger partial charge in [0.15, 0.2) is 29.6 Å². The number of rotatable bonds is 14. The molecule has 1 unspecified atom stereocenters. The number of aromatic nitrogens is 5. The predicted octanol–water partition coefficient (Wildman–Crippen LogP) is 1.73. The number of nitrogen functional groups attached to an aromatic ring is 1. The number of pyridine rings is 1. The van der Waals surface area contributed by atoms with E-state index in [1.54, 1.807) is 21.6 Å². The summed E-state index contributed by atoms with van der Waals surface area (Å²) in [6.45, 7) is -0.407. The first-order chi connectivity index (χ1) is 30.6. The van der Waals surface area contributed by atoms with Gasteiger partial charge in [0, 0.05) is 49.9 Å². The van der Waals surface area contributed by atoms with Crippen LogP contribution in [-0.4, -0.2) is 121 Å². The molecule has 0 aliphatic carbocycles. The number of imidazole rings is 1. The molecule has 334 valence electrons. The van der Waals surface area contributed by atoms with Crippen molar-refractivity contribution in [3.8, 4) is 17.0 Å². The highest BCUT2D eigenvalue weighted by atomic mass is 19.3. The molecule has 0 spiro atoms. The molecule has 3 aliphatic heterocycles. The number of nitrogens with one attached hydrogen (secondary N) is 3. The van der Waals surface area contributed by atoms with Crippen molar-refractivity contribution in [1.29, 1.82) is 0 Å². The first-order valence-electron chi connectivity index (χ1n) is 20.0. The monoisotopic (exact) mass is 888 g/mol. The molecular weight excluding hydrogens is 849 g/mol. The van der Waals surface area contributed by atoms with Crippen LogP contribution in [0.25, 0.3) is 22.4 Å². The Morgan fingerprint density at radius 3 is 2.62 bits per heavy atom. The number of piperidine rings is 2. The minimum Gasteiger partial charge on any atom is -0.481 e. The number of alkyl halides is 2. The zero-order chi connectivity index (χ0) is 45.4. The van der Waals surface area contributed by atoms with E-state index >= 15 is 8.78 Å². The minimum atomic E-state index is -3.08. The normalized spacial score (nSPS) is 19.3. The summed E-state index contributed by atoms with van der Waals surface area (Å²) in [5, 5.41) is 18.0. The smallest absolute Gasteiger partial charge is 0.265 e. The lowest BCUT2D eigenvalue weighted by Crippen LogP contribution is -2.63. The van der Waals surface area contributed by atoms with Crippen LogP contribution in [-0.2, 0) is 20.9 Å². The molecule has 2 fully saturated rings. The number of halogens is 4. The second-order valence-electron chi connectivity index (χ2n) is 15.5. The van der Waals surface area contributed by atoms with Crippen molar-refractivity contribution in [1.82, 2.24) is 40.0 Å². The van der Waals surface area contributed by atoms with E-state index in [1.807, 2.05) is 0 Å². The van der Waals surface area contributed by atoms with Crippen molar-refractivity contribution < 1.29 is 51.4 Å². The van der Waals surface area contributed by atoms with Crippen LogP contribution in [0.1, 0.15) is 52.0 Å². The number of benzene rings is 2. The summed E-state index contributed by atoms with van der Waals surface area (Å²) in [7, 11) is 0. The molecule has 3 atom stereocenters. The number of aliphatic hydroxyl groups excluding tert-OH is 1. The molecule has 8 rings (SSSR count). The van der Waals surface area contributed by atoms with Gasteiger partial charge in [-0.1, -0.05) is 6.07 Å². The molecule has 23 heteroatoms. The number of anilines is 3. The Kier molecular flexibility index (Phi) is 11.8. The van der Waals surface area contributed by atoms with Gasteiger partial charge in [-0.15, -0.1) is 0 Å². The van der Waals surface area contributed by atoms with Crippen molar-refractivity contribution in [2.75, 3.05) is 48.7 Å². The average molecular weight is 889 g/mol. The summed E-state index contributed by atoms with van der Waals surface area (Å²) in [6, 6.07) is 6.51. The summed E-state index contributed by atoms with van der Waals surface area (Å²) in [4.78, 5) is 82.6. The Morgan fingerprint density at radius 1 is 1.03 bits per heavy atom. The van der Waals surface area contributed by atoms with E-state index in [0.29, 0.717) is 35.4 Å². The molecule has 19 nitrogen and oxygen atoms in total. The summed E-state index contributed by atoms with van der Waals surface area (Å²) < 4.78 is 65.6.